The van der Waals surface area contributed by atoms with Crippen LogP contribution in [0.2, 0.25) is 0 Å². The lowest BCUT2D eigenvalue weighted by Crippen LogP contribution is -2.48. The average molecular weight is 290 g/mol. The molecule has 0 bridgehead atoms. The zero-order valence-corrected chi connectivity index (χ0v) is 12.8. The van der Waals surface area contributed by atoms with Crippen molar-refractivity contribution in [1.82, 2.24) is 15.1 Å². The molecule has 2 rings (SSSR count). The summed E-state index contributed by atoms with van der Waals surface area (Å²) in [4.78, 5) is 16.7. The summed E-state index contributed by atoms with van der Waals surface area (Å²) in [5.74, 6) is -0.0621. The standard InChI is InChI=1S/C16H26N4O/c1-19-9-11-20(12-10-19)8-7-18-16(21)15(17)13-14-5-3-2-4-6-14/h2-6,15H,7-13,17H2,1H3,(H,18,21)/t15-/m1/s1. The minimum absolute atomic E-state index is 0.0621. The third-order valence-corrected chi connectivity index (χ3v) is 3.96. The molecule has 1 aromatic carbocycles. The lowest BCUT2D eigenvalue weighted by atomic mass is 10.1. The van der Waals surface area contributed by atoms with Crippen LogP contribution in [0.5, 0.6) is 0 Å². The summed E-state index contributed by atoms with van der Waals surface area (Å²) in [6, 6.07) is 9.42. The molecule has 1 fully saturated rings. The van der Waals surface area contributed by atoms with Crippen molar-refractivity contribution in [3.8, 4) is 0 Å². The fourth-order valence-corrected chi connectivity index (χ4v) is 2.50. The zero-order valence-electron chi connectivity index (χ0n) is 12.8. The van der Waals surface area contributed by atoms with E-state index in [1.807, 2.05) is 30.3 Å². The van der Waals surface area contributed by atoms with Crippen molar-refractivity contribution in [2.45, 2.75) is 12.5 Å². The van der Waals surface area contributed by atoms with E-state index in [1.165, 1.54) is 0 Å². The van der Waals surface area contributed by atoms with E-state index >= 15 is 0 Å². The van der Waals surface area contributed by atoms with Crippen LogP contribution in [-0.4, -0.2) is 68.1 Å². The number of carbonyl (C=O) groups is 1. The van der Waals surface area contributed by atoms with Gasteiger partial charge < -0.3 is 16.0 Å². The number of rotatable bonds is 6. The van der Waals surface area contributed by atoms with Crippen LogP contribution in [0.4, 0.5) is 0 Å². The topological polar surface area (TPSA) is 61.6 Å². The maximum absolute atomic E-state index is 12.0. The minimum atomic E-state index is -0.472. The molecule has 1 saturated heterocycles. The fraction of sp³-hybridized carbons (Fsp3) is 0.562. The van der Waals surface area contributed by atoms with Gasteiger partial charge in [0.15, 0.2) is 0 Å². The van der Waals surface area contributed by atoms with Crippen LogP contribution < -0.4 is 11.1 Å². The Balaban J connectivity index is 1.65. The first-order valence-electron chi connectivity index (χ1n) is 7.63. The summed E-state index contributed by atoms with van der Waals surface area (Å²) >= 11 is 0. The van der Waals surface area contributed by atoms with Crippen LogP contribution in [0.1, 0.15) is 5.56 Å². The largest absolute Gasteiger partial charge is 0.353 e. The van der Waals surface area contributed by atoms with Crippen molar-refractivity contribution in [2.75, 3.05) is 46.3 Å². The number of nitrogens with two attached hydrogens (primary N) is 1. The summed E-state index contributed by atoms with van der Waals surface area (Å²) in [6.07, 6.45) is 0.585. The van der Waals surface area contributed by atoms with Gasteiger partial charge in [0, 0.05) is 39.3 Å². The van der Waals surface area contributed by atoms with E-state index in [4.69, 9.17) is 5.73 Å². The molecule has 21 heavy (non-hydrogen) atoms. The van der Waals surface area contributed by atoms with Gasteiger partial charge in [0.2, 0.25) is 5.91 Å². The quantitative estimate of drug-likeness (QED) is 0.769. The third kappa shape index (κ3) is 5.46. The van der Waals surface area contributed by atoms with Crippen molar-refractivity contribution in [3.63, 3.8) is 0 Å². The Kier molecular flexibility index (Phi) is 6.17. The average Bonchev–Trinajstić information content (AvgIpc) is 2.50. The van der Waals surface area contributed by atoms with Crippen molar-refractivity contribution in [1.29, 1.82) is 0 Å². The molecular weight excluding hydrogens is 264 g/mol. The van der Waals surface area contributed by atoms with Crippen molar-refractivity contribution in [2.24, 2.45) is 5.73 Å². The fourth-order valence-electron chi connectivity index (χ4n) is 2.50. The zero-order chi connectivity index (χ0) is 15.1. The van der Waals surface area contributed by atoms with Gasteiger partial charge in [-0.25, -0.2) is 0 Å². The van der Waals surface area contributed by atoms with Crippen LogP contribution in [-0.2, 0) is 11.2 Å². The van der Waals surface area contributed by atoms with E-state index in [-0.39, 0.29) is 5.91 Å². The Bertz CT molecular complexity index is 429. The first kappa shape index (κ1) is 15.9. The predicted molar refractivity (Wildman–Crippen MR) is 85.1 cm³/mol. The number of piperazine rings is 1. The van der Waals surface area contributed by atoms with Gasteiger partial charge in [-0.15, -0.1) is 0 Å². The summed E-state index contributed by atoms with van der Waals surface area (Å²) in [7, 11) is 2.14. The molecule has 0 radical (unpaired) electrons. The van der Waals surface area contributed by atoms with E-state index in [9.17, 15) is 4.79 Å². The van der Waals surface area contributed by atoms with Gasteiger partial charge in [0.25, 0.3) is 0 Å². The molecule has 3 N–H and O–H groups in total. The number of likely N-dealkylation sites (N-methyl/N-ethyl adjacent to an activating group) is 1. The second-order valence-electron chi connectivity index (χ2n) is 5.73. The first-order chi connectivity index (χ1) is 10.1. The Labute approximate surface area is 127 Å². The Hall–Kier alpha value is -1.43. The molecule has 0 aromatic heterocycles. The molecule has 1 atom stereocenters. The highest BCUT2D eigenvalue weighted by atomic mass is 16.2. The second kappa shape index (κ2) is 8.12. The van der Waals surface area contributed by atoms with E-state index in [0.717, 1.165) is 38.3 Å². The number of amides is 1. The van der Waals surface area contributed by atoms with Crippen molar-refractivity contribution >= 4 is 5.91 Å². The highest BCUT2D eigenvalue weighted by Crippen LogP contribution is 2.02. The summed E-state index contributed by atoms with van der Waals surface area (Å²) < 4.78 is 0. The first-order valence-corrected chi connectivity index (χ1v) is 7.63. The van der Waals surface area contributed by atoms with Crippen molar-refractivity contribution in [3.05, 3.63) is 35.9 Å². The van der Waals surface area contributed by atoms with Crippen molar-refractivity contribution < 1.29 is 4.79 Å². The van der Waals surface area contributed by atoms with E-state index in [2.05, 4.69) is 22.2 Å². The van der Waals surface area contributed by atoms with Crippen LogP contribution in [0.25, 0.3) is 0 Å². The van der Waals surface area contributed by atoms with Gasteiger partial charge in [-0.2, -0.15) is 0 Å². The monoisotopic (exact) mass is 290 g/mol. The molecule has 5 heteroatoms. The lowest BCUT2D eigenvalue weighted by molar-refractivity contribution is -0.122. The van der Waals surface area contributed by atoms with Gasteiger partial charge in [0.1, 0.15) is 0 Å². The Morgan fingerprint density at radius 2 is 1.90 bits per heavy atom. The number of carbonyl (C=O) groups excluding carboxylic acids is 1. The highest BCUT2D eigenvalue weighted by Gasteiger charge is 2.16. The smallest absolute Gasteiger partial charge is 0.237 e. The molecule has 5 nitrogen and oxygen atoms in total. The van der Waals surface area contributed by atoms with E-state index < -0.39 is 6.04 Å². The Morgan fingerprint density at radius 3 is 2.57 bits per heavy atom. The van der Waals surface area contributed by atoms with Crippen LogP contribution in [0.3, 0.4) is 0 Å². The van der Waals surface area contributed by atoms with Crippen LogP contribution >= 0.6 is 0 Å². The van der Waals surface area contributed by atoms with E-state index in [1.54, 1.807) is 0 Å². The highest BCUT2D eigenvalue weighted by molar-refractivity contribution is 5.81. The maximum Gasteiger partial charge on any atom is 0.237 e. The molecular formula is C16H26N4O. The molecule has 0 aliphatic carbocycles. The molecule has 1 amide bonds. The lowest BCUT2D eigenvalue weighted by Gasteiger charge is -2.32. The molecule has 1 aliphatic rings. The number of benzene rings is 1. The number of nitrogens with zero attached hydrogens (tertiary/aromatic N) is 2. The molecule has 0 unspecified atom stereocenters. The molecule has 1 heterocycles. The number of nitrogens with one attached hydrogen (secondary N) is 1. The van der Waals surface area contributed by atoms with Gasteiger partial charge >= 0.3 is 0 Å². The van der Waals surface area contributed by atoms with Gasteiger partial charge in [0.05, 0.1) is 6.04 Å². The van der Waals surface area contributed by atoms with Gasteiger partial charge in [-0.1, -0.05) is 30.3 Å². The number of hydrogen-bond donors (Lipinski definition) is 2. The van der Waals surface area contributed by atoms with Crippen LogP contribution in [0.15, 0.2) is 30.3 Å². The number of hydrogen-bond acceptors (Lipinski definition) is 4. The van der Waals surface area contributed by atoms with E-state index in [0.29, 0.717) is 13.0 Å². The molecule has 0 saturated carbocycles. The maximum atomic E-state index is 12.0. The normalized spacial score (nSPS) is 18.4. The Morgan fingerprint density at radius 1 is 1.24 bits per heavy atom. The predicted octanol–water partition coefficient (Wildman–Crippen LogP) is -0.0800. The summed E-state index contributed by atoms with van der Waals surface area (Å²) in [6.45, 7) is 5.91. The molecule has 0 spiro atoms. The third-order valence-electron chi connectivity index (χ3n) is 3.96. The SMILES string of the molecule is CN1CCN(CCNC(=O)[C@H](N)Cc2ccccc2)CC1. The molecule has 1 aliphatic heterocycles. The van der Waals surface area contributed by atoms with Crippen LogP contribution in [0, 0.1) is 0 Å². The minimum Gasteiger partial charge on any atom is -0.353 e. The second-order valence-corrected chi connectivity index (χ2v) is 5.73. The molecule has 116 valence electrons. The summed E-state index contributed by atoms with van der Waals surface area (Å²) in [5.41, 5.74) is 7.05. The summed E-state index contributed by atoms with van der Waals surface area (Å²) in [5, 5.41) is 2.94. The van der Waals surface area contributed by atoms with Gasteiger partial charge in [-0.3, -0.25) is 9.69 Å². The van der Waals surface area contributed by atoms with Gasteiger partial charge in [-0.05, 0) is 19.0 Å². The molecule has 1 aromatic rings.